The molecule has 0 aliphatic rings. The van der Waals surface area contributed by atoms with Gasteiger partial charge in [-0.25, -0.2) is 0 Å². The molecule has 1 heterocycles. The summed E-state index contributed by atoms with van der Waals surface area (Å²) in [6.45, 7) is 5.12. The first-order valence-electron chi connectivity index (χ1n) is 9.03. The van der Waals surface area contributed by atoms with Gasteiger partial charge in [-0.1, -0.05) is 12.1 Å². The van der Waals surface area contributed by atoms with Gasteiger partial charge in [0.05, 0.1) is 13.2 Å². The molecule has 2 aromatic carbocycles. The molecule has 1 N–H and O–H groups in total. The summed E-state index contributed by atoms with van der Waals surface area (Å²) in [5, 5.41) is 12.4. The standard InChI is InChI=1S/C22H21N3O3/c1-3-26-18-10-5-16(6-11-18)7-14-21-25-20(15-23)22(28-21)24-17-8-12-19(13-9-17)27-4-2/h5-14,24H,3-4H2,1-2H3. The molecule has 1 aromatic heterocycles. The number of hydrogen-bond acceptors (Lipinski definition) is 6. The molecule has 0 atom stereocenters. The summed E-state index contributed by atoms with van der Waals surface area (Å²) in [6.07, 6.45) is 3.59. The van der Waals surface area contributed by atoms with Crippen molar-refractivity contribution in [1.82, 2.24) is 4.98 Å². The van der Waals surface area contributed by atoms with Crippen molar-refractivity contribution < 1.29 is 13.9 Å². The van der Waals surface area contributed by atoms with Crippen LogP contribution in [-0.4, -0.2) is 18.2 Å². The Morgan fingerprint density at radius 3 is 2.14 bits per heavy atom. The summed E-state index contributed by atoms with van der Waals surface area (Å²) in [5.74, 6) is 2.26. The predicted octanol–water partition coefficient (Wildman–Crippen LogP) is 5.26. The number of nitrogens with one attached hydrogen (secondary N) is 1. The molecule has 0 radical (unpaired) electrons. The number of anilines is 2. The topological polar surface area (TPSA) is 80.3 Å². The van der Waals surface area contributed by atoms with Crippen molar-refractivity contribution in [3.05, 3.63) is 65.7 Å². The fourth-order valence-electron chi connectivity index (χ4n) is 2.51. The Labute approximate surface area is 164 Å². The van der Waals surface area contributed by atoms with Crippen molar-refractivity contribution in [2.75, 3.05) is 18.5 Å². The van der Waals surface area contributed by atoms with E-state index in [1.165, 1.54) is 0 Å². The Bertz CT molecular complexity index is 968. The lowest BCUT2D eigenvalue weighted by Gasteiger charge is -2.05. The molecule has 0 bridgehead atoms. The van der Waals surface area contributed by atoms with Gasteiger partial charge in [-0.15, -0.1) is 0 Å². The van der Waals surface area contributed by atoms with Crippen LogP contribution >= 0.6 is 0 Å². The predicted molar refractivity (Wildman–Crippen MR) is 109 cm³/mol. The van der Waals surface area contributed by atoms with Crippen molar-refractivity contribution in [3.63, 3.8) is 0 Å². The molecule has 6 nitrogen and oxygen atoms in total. The molecule has 0 saturated heterocycles. The summed E-state index contributed by atoms with van der Waals surface area (Å²) < 4.78 is 16.5. The van der Waals surface area contributed by atoms with Gasteiger partial charge < -0.3 is 19.2 Å². The van der Waals surface area contributed by atoms with Gasteiger partial charge >= 0.3 is 0 Å². The number of rotatable bonds is 8. The quantitative estimate of drug-likeness (QED) is 0.578. The molecule has 6 heteroatoms. The number of oxazole rings is 1. The van der Waals surface area contributed by atoms with Crippen LogP contribution in [0.1, 0.15) is 31.0 Å². The van der Waals surface area contributed by atoms with Crippen LogP contribution in [0.15, 0.2) is 52.9 Å². The highest BCUT2D eigenvalue weighted by Gasteiger charge is 2.11. The molecule has 3 aromatic rings. The van der Waals surface area contributed by atoms with Gasteiger partial charge in [-0.3, -0.25) is 0 Å². The maximum Gasteiger partial charge on any atom is 0.236 e. The number of benzene rings is 2. The summed E-state index contributed by atoms with van der Waals surface area (Å²) >= 11 is 0. The second kappa shape index (κ2) is 9.28. The molecule has 0 spiro atoms. The van der Waals surface area contributed by atoms with Gasteiger partial charge in [0.1, 0.15) is 17.6 Å². The lowest BCUT2D eigenvalue weighted by atomic mass is 10.2. The Morgan fingerprint density at radius 2 is 1.57 bits per heavy atom. The van der Waals surface area contributed by atoms with Gasteiger partial charge in [0.15, 0.2) is 0 Å². The van der Waals surface area contributed by atoms with Crippen molar-refractivity contribution in [2.45, 2.75) is 13.8 Å². The van der Waals surface area contributed by atoms with Crippen LogP contribution in [0, 0.1) is 11.3 Å². The fraction of sp³-hybridized carbons (Fsp3) is 0.182. The minimum Gasteiger partial charge on any atom is -0.494 e. The zero-order chi connectivity index (χ0) is 19.8. The fourth-order valence-corrected chi connectivity index (χ4v) is 2.51. The summed E-state index contributed by atoms with van der Waals surface area (Å²) in [4.78, 5) is 4.21. The molecular formula is C22H21N3O3. The number of hydrogen-bond donors (Lipinski definition) is 1. The van der Waals surface area contributed by atoms with Crippen LogP contribution in [0.2, 0.25) is 0 Å². The van der Waals surface area contributed by atoms with E-state index in [9.17, 15) is 5.26 Å². The molecule has 28 heavy (non-hydrogen) atoms. The molecular weight excluding hydrogens is 354 g/mol. The molecule has 0 aliphatic heterocycles. The van der Waals surface area contributed by atoms with Gasteiger partial charge in [0.25, 0.3) is 0 Å². The van der Waals surface area contributed by atoms with Crippen LogP contribution in [0.5, 0.6) is 11.5 Å². The zero-order valence-corrected chi connectivity index (χ0v) is 15.8. The minimum absolute atomic E-state index is 0.195. The lowest BCUT2D eigenvalue weighted by molar-refractivity contribution is 0.340. The maximum atomic E-state index is 9.32. The first kappa shape index (κ1) is 19.1. The van der Waals surface area contributed by atoms with E-state index in [1.807, 2.05) is 74.5 Å². The molecule has 0 aliphatic carbocycles. The number of ether oxygens (including phenoxy) is 2. The summed E-state index contributed by atoms with van der Waals surface area (Å²) in [7, 11) is 0. The average molecular weight is 375 g/mol. The highest BCUT2D eigenvalue weighted by atomic mass is 16.5. The SMILES string of the molecule is CCOc1ccc(C=Cc2nc(C#N)c(Nc3ccc(OCC)cc3)o2)cc1. The van der Waals surface area contributed by atoms with Crippen molar-refractivity contribution in [1.29, 1.82) is 5.26 Å². The zero-order valence-electron chi connectivity index (χ0n) is 15.8. The van der Waals surface area contributed by atoms with E-state index in [1.54, 1.807) is 6.08 Å². The Kier molecular flexibility index (Phi) is 6.32. The Hall–Kier alpha value is -3.72. The highest BCUT2D eigenvalue weighted by Crippen LogP contribution is 2.24. The molecule has 0 fully saturated rings. The summed E-state index contributed by atoms with van der Waals surface area (Å²) in [6, 6.07) is 17.1. The number of nitriles is 1. The molecule has 0 unspecified atom stereocenters. The van der Waals surface area contributed by atoms with Crippen LogP contribution < -0.4 is 14.8 Å². The smallest absolute Gasteiger partial charge is 0.236 e. The van der Waals surface area contributed by atoms with Crippen molar-refractivity contribution in [2.24, 2.45) is 0 Å². The van der Waals surface area contributed by atoms with E-state index in [-0.39, 0.29) is 5.69 Å². The number of nitrogens with zero attached hydrogens (tertiary/aromatic N) is 2. The van der Waals surface area contributed by atoms with Crippen LogP contribution in [0.4, 0.5) is 11.6 Å². The van der Waals surface area contributed by atoms with Gasteiger partial charge in [-0.2, -0.15) is 10.2 Å². The largest absolute Gasteiger partial charge is 0.494 e. The van der Waals surface area contributed by atoms with E-state index in [0.717, 1.165) is 22.7 Å². The average Bonchev–Trinajstić information content (AvgIpc) is 3.11. The lowest BCUT2D eigenvalue weighted by Crippen LogP contribution is -1.93. The highest BCUT2D eigenvalue weighted by molar-refractivity contribution is 5.68. The van der Waals surface area contributed by atoms with E-state index < -0.39 is 0 Å². The molecule has 0 amide bonds. The van der Waals surface area contributed by atoms with E-state index in [2.05, 4.69) is 10.3 Å². The van der Waals surface area contributed by atoms with E-state index in [4.69, 9.17) is 13.9 Å². The van der Waals surface area contributed by atoms with Gasteiger partial charge in [0, 0.05) is 11.8 Å². The monoisotopic (exact) mass is 375 g/mol. The molecule has 0 saturated carbocycles. The first-order valence-corrected chi connectivity index (χ1v) is 9.03. The Morgan fingerprint density at radius 1 is 0.964 bits per heavy atom. The second-order valence-corrected chi connectivity index (χ2v) is 5.76. The third-order valence-electron chi connectivity index (χ3n) is 3.78. The van der Waals surface area contributed by atoms with E-state index >= 15 is 0 Å². The number of aromatic nitrogens is 1. The Balaban J connectivity index is 1.72. The maximum absolute atomic E-state index is 9.32. The first-order chi connectivity index (χ1) is 13.7. The normalized spacial score (nSPS) is 10.6. The van der Waals surface area contributed by atoms with Crippen molar-refractivity contribution in [3.8, 4) is 17.6 Å². The third-order valence-corrected chi connectivity index (χ3v) is 3.78. The van der Waals surface area contributed by atoms with Gasteiger partial charge in [-0.05, 0) is 61.9 Å². The van der Waals surface area contributed by atoms with Gasteiger partial charge in [0.2, 0.25) is 17.5 Å². The van der Waals surface area contributed by atoms with Crippen LogP contribution in [0.25, 0.3) is 12.2 Å². The van der Waals surface area contributed by atoms with Crippen LogP contribution in [-0.2, 0) is 0 Å². The molecule has 142 valence electrons. The summed E-state index contributed by atoms with van der Waals surface area (Å²) in [5.41, 5.74) is 1.94. The van der Waals surface area contributed by atoms with Crippen LogP contribution in [0.3, 0.4) is 0 Å². The third kappa shape index (κ3) is 4.92. The minimum atomic E-state index is 0.195. The van der Waals surface area contributed by atoms with Crippen molar-refractivity contribution >= 4 is 23.7 Å². The van der Waals surface area contributed by atoms with E-state index in [0.29, 0.717) is 25.0 Å². The second-order valence-electron chi connectivity index (χ2n) is 5.76. The molecule has 3 rings (SSSR count).